The van der Waals surface area contributed by atoms with Crippen LogP contribution in [0.1, 0.15) is 59.8 Å². The van der Waals surface area contributed by atoms with Gasteiger partial charge in [0, 0.05) is 30.2 Å². The Morgan fingerprint density at radius 1 is 1.05 bits per heavy atom. The first-order valence-corrected chi connectivity index (χ1v) is 8.47. The summed E-state index contributed by atoms with van der Waals surface area (Å²) >= 11 is 0. The highest BCUT2D eigenvalue weighted by Crippen LogP contribution is 2.36. The smallest absolute Gasteiger partial charge is 0.236 e. The molecule has 4 nitrogen and oxygen atoms in total. The van der Waals surface area contributed by atoms with Crippen molar-refractivity contribution in [3.63, 3.8) is 0 Å². The molecule has 0 aromatic heterocycles. The zero-order valence-corrected chi connectivity index (χ0v) is 14.5. The van der Waals surface area contributed by atoms with E-state index in [4.69, 9.17) is 0 Å². The maximum absolute atomic E-state index is 12.3. The Hall–Kier alpha value is -0.610. The van der Waals surface area contributed by atoms with Gasteiger partial charge in [-0.1, -0.05) is 0 Å². The van der Waals surface area contributed by atoms with Gasteiger partial charge in [0.15, 0.2) is 0 Å². The van der Waals surface area contributed by atoms with Crippen LogP contribution >= 0.6 is 0 Å². The van der Waals surface area contributed by atoms with Crippen molar-refractivity contribution in [3.05, 3.63) is 0 Å². The second kappa shape index (κ2) is 6.25. The maximum atomic E-state index is 12.3. The number of carbonyl (C=O) groups excluding carboxylic acids is 1. The summed E-state index contributed by atoms with van der Waals surface area (Å²) in [7, 11) is 2.22. The Bertz CT molecular complexity index is 354. The molecule has 0 bridgehead atoms. The fraction of sp³-hybridized carbons (Fsp3) is 0.941. The van der Waals surface area contributed by atoms with Crippen molar-refractivity contribution in [2.45, 2.75) is 76.9 Å². The Kier molecular flexibility index (Phi) is 4.99. The van der Waals surface area contributed by atoms with Crippen molar-refractivity contribution >= 4 is 5.91 Å². The fourth-order valence-electron chi connectivity index (χ4n) is 4.00. The summed E-state index contributed by atoms with van der Waals surface area (Å²) in [6, 6.07) is 0.431. The van der Waals surface area contributed by atoms with Gasteiger partial charge in [-0.15, -0.1) is 0 Å². The molecule has 0 saturated carbocycles. The number of rotatable bonds is 3. The highest BCUT2D eigenvalue weighted by Gasteiger charge is 2.42. The highest BCUT2D eigenvalue weighted by molar-refractivity contribution is 5.78. The Labute approximate surface area is 130 Å². The van der Waals surface area contributed by atoms with Gasteiger partial charge >= 0.3 is 0 Å². The summed E-state index contributed by atoms with van der Waals surface area (Å²) in [5.41, 5.74) is 0.348. The zero-order chi connectivity index (χ0) is 15.7. The third-order valence-electron chi connectivity index (χ3n) is 5.56. The van der Waals surface area contributed by atoms with Crippen molar-refractivity contribution in [3.8, 4) is 0 Å². The predicted octanol–water partition coefficient (Wildman–Crippen LogP) is 2.24. The van der Waals surface area contributed by atoms with Crippen LogP contribution in [0.5, 0.6) is 0 Å². The average Bonchev–Trinajstić information content (AvgIpc) is 2.42. The number of hydrogen-bond acceptors (Lipinski definition) is 3. The van der Waals surface area contributed by atoms with Crippen LogP contribution in [0.2, 0.25) is 0 Å². The minimum Gasteiger partial charge on any atom is -0.342 e. The van der Waals surface area contributed by atoms with Crippen molar-refractivity contribution in [1.29, 1.82) is 0 Å². The van der Waals surface area contributed by atoms with Gasteiger partial charge in [0.25, 0.3) is 0 Å². The zero-order valence-electron chi connectivity index (χ0n) is 14.5. The molecule has 2 fully saturated rings. The first-order valence-electron chi connectivity index (χ1n) is 8.47. The van der Waals surface area contributed by atoms with E-state index in [-0.39, 0.29) is 17.0 Å². The summed E-state index contributed by atoms with van der Waals surface area (Å²) in [6.45, 7) is 11.6. The van der Waals surface area contributed by atoms with E-state index in [0.717, 1.165) is 25.9 Å². The molecule has 21 heavy (non-hydrogen) atoms. The maximum Gasteiger partial charge on any atom is 0.236 e. The van der Waals surface area contributed by atoms with Gasteiger partial charge in [0.2, 0.25) is 5.91 Å². The number of nitrogens with zero attached hydrogens (tertiary/aromatic N) is 2. The topological polar surface area (TPSA) is 35.6 Å². The van der Waals surface area contributed by atoms with E-state index in [1.807, 2.05) is 4.90 Å². The Balaban J connectivity index is 1.87. The summed E-state index contributed by atoms with van der Waals surface area (Å²) in [5, 5.41) is 3.53. The lowest BCUT2D eigenvalue weighted by Gasteiger charge is -2.53. The Morgan fingerprint density at radius 3 is 2.10 bits per heavy atom. The van der Waals surface area contributed by atoms with Gasteiger partial charge in [-0.3, -0.25) is 9.69 Å². The van der Waals surface area contributed by atoms with Crippen molar-refractivity contribution in [2.75, 3.05) is 26.7 Å². The van der Waals surface area contributed by atoms with Crippen LogP contribution in [0.4, 0.5) is 0 Å². The molecule has 1 amide bonds. The number of carbonyl (C=O) groups is 1. The van der Waals surface area contributed by atoms with Gasteiger partial charge in [0.05, 0.1) is 6.54 Å². The number of piperidine rings is 2. The van der Waals surface area contributed by atoms with Crippen LogP contribution in [0.15, 0.2) is 0 Å². The third-order valence-corrected chi connectivity index (χ3v) is 5.56. The van der Waals surface area contributed by atoms with Crippen LogP contribution in [-0.4, -0.2) is 59.5 Å². The third kappa shape index (κ3) is 3.98. The second-order valence-corrected chi connectivity index (χ2v) is 8.11. The molecule has 0 aromatic rings. The first kappa shape index (κ1) is 16.8. The normalized spacial score (nSPS) is 26.8. The van der Waals surface area contributed by atoms with Gasteiger partial charge < -0.3 is 10.2 Å². The average molecular weight is 295 g/mol. The van der Waals surface area contributed by atoms with Crippen LogP contribution in [0.3, 0.4) is 0 Å². The molecule has 0 aliphatic carbocycles. The van der Waals surface area contributed by atoms with Crippen LogP contribution in [0, 0.1) is 0 Å². The van der Waals surface area contributed by atoms with Crippen molar-refractivity contribution in [1.82, 2.24) is 15.1 Å². The van der Waals surface area contributed by atoms with Gasteiger partial charge in [-0.05, 0) is 66.8 Å². The molecule has 4 heteroatoms. The lowest BCUT2D eigenvalue weighted by molar-refractivity contribution is -0.131. The second-order valence-electron chi connectivity index (χ2n) is 8.11. The van der Waals surface area contributed by atoms with E-state index in [9.17, 15) is 4.79 Å². The minimum atomic E-state index is 0.174. The van der Waals surface area contributed by atoms with E-state index >= 15 is 0 Å². The van der Waals surface area contributed by atoms with Gasteiger partial charge in [0.1, 0.15) is 0 Å². The summed E-state index contributed by atoms with van der Waals surface area (Å²) < 4.78 is 0. The highest BCUT2D eigenvalue weighted by atomic mass is 16.2. The Morgan fingerprint density at radius 2 is 1.57 bits per heavy atom. The molecule has 2 aliphatic heterocycles. The summed E-state index contributed by atoms with van der Waals surface area (Å²) in [4.78, 5) is 16.8. The number of hydrogen-bond donors (Lipinski definition) is 1. The van der Waals surface area contributed by atoms with E-state index in [1.54, 1.807) is 0 Å². The standard InChI is InChI=1S/C17H33N3O/c1-16(2)11-14(12-17(3,4)19(16)5)18-13-15(21)20-9-7-6-8-10-20/h14,18H,6-13H2,1-5H3. The number of likely N-dealkylation sites (tertiary alicyclic amines) is 2. The van der Waals surface area contributed by atoms with Gasteiger partial charge in [-0.2, -0.15) is 0 Å². The molecule has 0 unspecified atom stereocenters. The van der Waals surface area contributed by atoms with Gasteiger partial charge in [-0.25, -0.2) is 0 Å². The van der Waals surface area contributed by atoms with E-state index in [0.29, 0.717) is 12.6 Å². The molecule has 0 aromatic carbocycles. The quantitative estimate of drug-likeness (QED) is 0.867. The molecule has 2 heterocycles. The summed E-state index contributed by atoms with van der Waals surface area (Å²) in [6.07, 6.45) is 5.80. The minimum absolute atomic E-state index is 0.174. The van der Waals surface area contributed by atoms with Crippen LogP contribution in [0.25, 0.3) is 0 Å². The largest absolute Gasteiger partial charge is 0.342 e. The van der Waals surface area contributed by atoms with Crippen LogP contribution < -0.4 is 5.32 Å². The van der Waals surface area contributed by atoms with E-state index in [2.05, 4.69) is 45.0 Å². The van der Waals surface area contributed by atoms with Crippen molar-refractivity contribution < 1.29 is 4.79 Å². The molecule has 0 spiro atoms. The van der Waals surface area contributed by atoms with Crippen molar-refractivity contribution in [2.24, 2.45) is 0 Å². The molecule has 2 aliphatic rings. The summed E-state index contributed by atoms with van der Waals surface area (Å²) in [5.74, 6) is 0.282. The van der Waals surface area contributed by atoms with E-state index < -0.39 is 0 Å². The SMILES string of the molecule is CN1C(C)(C)CC(NCC(=O)N2CCCCC2)CC1(C)C. The number of nitrogens with one attached hydrogen (secondary N) is 1. The molecule has 2 saturated heterocycles. The molecule has 2 rings (SSSR count). The molecule has 1 N–H and O–H groups in total. The molecule has 0 atom stereocenters. The lowest BCUT2D eigenvalue weighted by atomic mass is 9.77. The monoisotopic (exact) mass is 295 g/mol. The lowest BCUT2D eigenvalue weighted by Crippen LogP contribution is -2.62. The first-order chi connectivity index (χ1) is 9.72. The predicted molar refractivity (Wildman–Crippen MR) is 87.4 cm³/mol. The molecule has 0 radical (unpaired) electrons. The van der Waals surface area contributed by atoms with E-state index in [1.165, 1.54) is 19.3 Å². The number of amides is 1. The molecular formula is C17H33N3O. The molecule has 122 valence electrons. The fourth-order valence-corrected chi connectivity index (χ4v) is 4.00. The molecular weight excluding hydrogens is 262 g/mol. The van der Waals surface area contributed by atoms with Crippen LogP contribution in [-0.2, 0) is 4.79 Å².